The summed E-state index contributed by atoms with van der Waals surface area (Å²) in [7, 11) is -4.73. The van der Waals surface area contributed by atoms with E-state index in [2.05, 4.69) is 0 Å². The molecule has 130 valence electrons. The maximum atomic E-state index is 12.6. The van der Waals surface area contributed by atoms with Crippen molar-refractivity contribution in [3.63, 3.8) is 0 Å². The van der Waals surface area contributed by atoms with E-state index in [9.17, 15) is 39.6 Å². The highest BCUT2D eigenvalue weighted by atomic mass is 32.2. The topological polar surface area (TPSA) is 83.5 Å². The Morgan fingerprint density at radius 1 is 1.00 bits per heavy atom. The van der Waals surface area contributed by atoms with Crippen molar-refractivity contribution >= 4 is 16.0 Å². The number of carboxylic acids is 1. The fourth-order valence-corrected chi connectivity index (χ4v) is 2.56. The molecule has 0 radical (unpaired) electrons. The summed E-state index contributed by atoms with van der Waals surface area (Å²) in [6, 6.07) is -0.132. The summed E-state index contributed by atoms with van der Waals surface area (Å²) in [5.74, 6) is -1.40. The van der Waals surface area contributed by atoms with Gasteiger partial charge in [-0.25, -0.2) is 13.1 Å². The lowest BCUT2D eigenvalue weighted by Crippen LogP contribution is -2.27. The van der Waals surface area contributed by atoms with E-state index >= 15 is 0 Å². The van der Waals surface area contributed by atoms with Crippen LogP contribution >= 0.6 is 0 Å². The van der Waals surface area contributed by atoms with Crippen LogP contribution in [0.5, 0.6) is 0 Å². The van der Waals surface area contributed by atoms with Gasteiger partial charge in [0.25, 0.3) is 0 Å². The summed E-state index contributed by atoms with van der Waals surface area (Å²) in [5.41, 5.74) is -3.57. The minimum Gasteiger partial charge on any atom is -0.481 e. The number of halogens is 6. The van der Waals surface area contributed by atoms with Crippen molar-refractivity contribution in [3.8, 4) is 0 Å². The molecule has 0 saturated carbocycles. The second kappa shape index (κ2) is 6.35. The Kier molecular flexibility index (Phi) is 5.31. The molecule has 0 aliphatic heterocycles. The third kappa shape index (κ3) is 5.39. The molecule has 0 bridgehead atoms. The zero-order valence-electron chi connectivity index (χ0n) is 11.0. The van der Waals surface area contributed by atoms with E-state index in [1.807, 2.05) is 0 Å². The van der Waals surface area contributed by atoms with E-state index in [-0.39, 0.29) is 18.2 Å². The Morgan fingerprint density at radius 3 is 1.78 bits per heavy atom. The van der Waals surface area contributed by atoms with E-state index in [1.165, 1.54) is 0 Å². The maximum Gasteiger partial charge on any atom is 0.416 e. The van der Waals surface area contributed by atoms with Crippen molar-refractivity contribution in [2.24, 2.45) is 0 Å². The molecular weight excluding hydrogens is 356 g/mol. The van der Waals surface area contributed by atoms with Gasteiger partial charge in [0.05, 0.1) is 22.4 Å². The summed E-state index contributed by atoms with van der Waals surface area (Å²) in [6.07, 6.45) is -11.1. The number of aliphatic carboxylic acids is 1. The van der Waals surface area contributed by atoms with Gasteiger partial charge in [0.15, 0.2) is 0 Å². The predicted molar refractivity (Wildman–Crippen MR) is 63.9 cm³/mol. The molecule has 0 aromatic heterocycles. The Balaban J connectivity index is 3.32. The van der Waals surface area contributed by atoms with Gasteiger partial charge in [0.1, 0.15) is 0 Å². The van der Waals surface area contributed by atoms with Gasteiger partial charge in [0, 0.05) is 6.54 Å². The molecule has 0 amide bonds. The second-order valence-electron chi connectivity index (χ2n) is 4.28. The quantitative estimate of drug-likeness (QED) is 0.786. The molecule has 12 heteroatoms. The highest BCUT2D eigenvalue weighted by molar-refractivity contribution is 7.89. The van der Waals surface area contributed by atoms with Crippen LogP contribution in [0.2, 0.25) is 0 Å². The predicted octanol–water partition coefficient (Wildman–Crippen LogP) is 2.48. The van der Waals surface area contributed by atoms with Gasteiger partial charge in [-0.15, -0.1) is 0 Å². The number of hydrogen-bond acceptors (Lipinski definition) is 3. The van der Waals surface area contributed by atoms with Crippen molar-refractivity contribution in [1.82, 2.24) is 4.72 Å². The third-order valence-corrected chi connectivity index (χ3v) is 3.94. The monoisotopic (exact) mass is 365 g/mol. The molecule has 1 aromatic rings. The first-order valence-corrected chi connectivity index (χ1v) is 7.23. The number of sulfonamides is 1. The number of nitrogens with one attached hydrogen (secondary N) is 1. The molecule has 0 unspecified atom stereocenters. The standard InChI is InChI=1S/C11H9F6NO4S/c12-10(13,14)6-3-7(11(15,16)17)5-8(4-6)23(21,22)18-2-1-9(19)20/h3-5,18H,1-2H2,(H,19,20). The lowest BCUT2D eigenvalue weighted by molar-refractivity contribution is -0.143. The van der Waals surface area contributed by atoms with Crippen molar-refractivity contribution in [2.75, 3.05) is 6.54 Å². The number of hydrogen-bond donors (Lipinski definition) is 2. The SMILES string of the molecule is O=C(O)CCNS(=O)(=O)c1cc(C(F)(F)F)cc(C(F)(F)F)c1. The number of carbonyl (C=O) groups is 1. The molecule has 0 fully saturated rings. The van der Waals surface area contributed by atoms with Crippen LogP contribution in [-0.2, 0) is 27.2 Å². The first-order chi connectivity index (χ1) is 10.2. The molecule has 0 heterocycles. The fraction of sp³-hybridized carbons (Fsp3) is 0.364. The fourth-order valence-electron chi connectivity index (χ4n) is 1.46. The van der Waals surface area contributed by atoms with Gasteiger partial charge >= 0.3 is 18.3 Å². The van der Waals surface area contributed by atoms with Crippen LogP contribution in [0.25, 0.3) is 0 Å². The highest BCUT2D eigenvalue weighted by Crippen LogP contribution is 2.37. The van der Waals surface area contributed by atoms with Crippen molar-refractivity contribution in [1.29, 1.82) is 0 Å². The molecular formula is C11H9F6NO4S. The van der Waals surface area contributed by atoms with E-state index < -0.39 is 57.3 Å². The molecule has 2 N–H and O–H groups in total. The second-order valence-corrected chi connectivity index (χ2v) is 6.05. The smallest absolute Gasteiger partial charge is 0.416 e. The zero-order valence-corrected chi connectivity index (χ0v) is 11.8. The van der Waals surface area contributed by atoms with Crippen LogP contribution in [0.4, 0.5) is 26.3 Å². The largest absolute Gasteiger partial charge is 0.481 e. The van der Waals surface area contributed by atoms with Crippen molar-refractivity contribution < 1.29 is 44.7 Å². The maximum absolute atomic E-state index is 12.6. The molecule has 1 aromatic carbocycles. The zero-order chi connectivity index (χ0) is 18.1. The number of rotatable bonds is 5. The van der Waals surface area contributed by atoms with Gasteiger partial charge < -0.3 is 5.11 Å². The van der Waals surface area contributed by atoms with Gasteiger partial charge in [-0.1, -0.05) is 0 Å². The van der Waals surface area contributed by atoms with Crippen LogP contribution in [0.15, 0.2) is 23.1 Å². The molecule has 0 spiro atoms. The molecule has 0 aliphatic rings. The minimum absolute atomic E-state index is 0.0400. The normalized spacial score (nSPS) is 13.1. The third-order valence-electron chi connectivity index (χ3n) is 2.50. The summed E-state index contributed by atoms with van der Waals surface area (Å²) in [6.45, 7) is -0.685. The van der Waals surface area contributed by atoms with E-state index in [0.717, 1.165) is 0 Å². The Bertz CT molecular complexity index is 663. The minimum atomic E-state index is -5.19. The summed E-state index contributed by atoms with van der Waals surface area (Å²) >= 11 is 0. The molecule has 0 saturated heterocycles. The van der Waals surface area contributed by atoms with Crippen LogP contribution < -0.4 is 4.72 Å². The van der Waals surface area contributed by atoms with Crippen LogP contribution in [0.1, 0.15) is 17.5 Å². The average molecular weight is 365 g/mol. The number of alkyl halides is 6. The molecule has 5 nitrogen and oxygen atoms in total. The Morgan fingerprint density at radius 2 is 1.43 bits per heavy atom. The van der Waals surface area contributed by atoms with Gasteiger partial charge in [0.2, 0.25) is 10.0 Å². The van der Waals surface area contributed by atoms with E-state index in [0.29, 0.717) is 0 Å². The van der Waals surface area contributed by atoms with Gasteiger partial charge in [-0.3, -0.25) is 4.79 Å². The van der Waals surface area contributed by atoms with Crippen LogP contribution in [0.3, 0.4) is 0 Å². The molecule has 23 heavy (non-hydrogen) atoms. The highest BCUT2D eigenvalue weighted by Gasteiger charge is 2.38. The molecule has 0 atom stereocenters. The number of carboxylic acid groups (broad SMARTS) is 1. The molecule has 0 aliphatic carbocycles. The van der Waals surface area contributed by atoms with Crippen LogP contribution in [0, 0.1) is 0 Å². The lowest BCUT2D eigenvalue weighted by Gasteiger charge is -2.14. The summed E-state index contributed by atoms with van der Waals surface area (Å²) in [4.78, 5) is 9.00. The number of benzene rings is 1. The van der Waals surface area contributed by atoms with Crippen molar-refractivity contribution in [2.45, 2.75) is 23.7 Å². The van der Waals surface area contributed by atoms with E-state index in [4.69, 9.17) is 5.11 Å². The first kappa shape index (κ1) is 19.2. The molecule has 1 rings (SSSR count). The van der Waals surface area contributed by atoms with Crippen LogP contribution in [-0.4, -0.2) is 26.0 Å². The Hall–Kier alpha value is -1.82. The Labute approximate surface area is 126 Å². The average Bonchev–Trinajstić information content (AvgIpc) is 2.35. The van der Waals surface area contributed by atoms with Crippen molar-refractivity contribution in [3.05, 3.63) is 29.3 Å². The first-order valence-electron chi connectivity index (χ1n) is 5.74. The van der Waals surface area contributed by atoms with Gasteiger partial charge in [-0.2, -0.15) is 26.3 Å². The summed E-state index contributed by atoms with van der Waals surface area (Å²) < 4.78 is 101. The lowest BCUT2D eigenvalue weighted by atomic mass is 10.1. The summed E-state index contributed by atoms with van der Waals surface area (Å²) in [5, 5.41) is 8.35. The van der Waals surface area contributed by atoms with E-state index in [1.54, 1.807) is 4.72 Å². The van der Waals surface area contributed by atoms with Gasteiger partial charge in [-0.05, 0) is 18.2 Å².